The first kappa shape index (κ1) is 16.7. The Hall–Kier alpha value is -0.650. The largest absolute Gasteiger partial charge is 0.346 e. The van der Waals surface area contributed by atoms with Gasteiger partial charge in [-0.2, -0.15) is 0 Å². The van der Waals surface area contributed by atoms with Crippen LogP contribution in [-0.4, -0.2) is 48.6 Å². The number of nitrogens with one attached hydrogen (secondary N) is 1. The van der Waals surface area contributed by atoms with Gasteiger partial charge < -0.3 is 10.2 Å². The third-order valence-corrected chi connectivity index (χ3v) is 5.15. The van der Waals surface area contributed by atoms with Crippen LogP contribution in [0.2, 0.25) is 0 Å². The molecule has 1 saturated heterocycles. The molecule has 1 unspecified atom stereocenters. The molecule has 1 N–H and O–H groups in total. The molecule has 0 bridgehead atoms. The summed E-state index contributed by atoms with van der Waals surface area (Å²) >= 11 is 1.79. The number of rotatable bonds is 7. The normalized spacial score (nSPS) is 18.4. The number of aromatic nitrogens is 1. The minimum absolute atomic E-state index is 0.691. The molecule has 21 heavy (non-hydrogen) atoms. The van der Waals surface area contributed by atoms with Crippen molar-refractivity contribution in [2.45, 2.75) is 46.7 Å². The van der Waals surface area contributed by atoms with E-state index in [0.717, 1.165) is 39.3 Å². The molecule has 0 aliphatic carbocycles. The summed E-state index contributed by atoms with van der Waals surface area (Å²) in [5.74, 6) is 0.691. The minimum Gasteiger partial charge on any atom is -0.346 e. The first-order valence-electron chi connectivity index (χ1n) is 8.24. The van der Waals surface area contributed by atoms with Crippen LogP contribution in [0, 0.1) is 5.92 Å². The molecule has 1 aliphatic rings. The van der Waals surface area contributed by atoms with E-state index in [0.29, 0.717) is 12.0 Å². The molecule has 1 atom stereocenters. The summed E-state index contributed by atoms with van der Waals surface area (Å²) in [6.45, 7) is 15.6. The van der Waals surface area contributed by atoms with Gasteiger partial charge in [-0.3, -0.25) is 4.90 Å². The summed E-state index contributed by atoms with van der Waals surface area (Å²) in [4.78, 5) is 9.82. The topological polar surface area (TPSA) is 31.4 Å². The van der Waals surface area contributed by atoms with Crippen LogP contribution in [0.1, 0.15) is 39.8 Å². The number of hydrogen-bond acceptors (Lipinski definition) is 5. The van der Waals surface area contributed by atoms with Gasteiger partial charge in [0.2, 0.25) is 0 Å². The highest BCUT2D eigenvalue weighted by Gasteiger charge is 2.21. The summed E-state index contributed by atoms with van der Waals surface area (Å²) in [5, 5.41) is 6.86. The second kappa shape index (κ2) is 8.11. The average molecular weight is 311 g/mol. The van der Waals surface area contributed by atoms with Crippen molar-refractivity contribution >= 4 is 16.5 Å². The zero-order valence-electron chi connectivity index (χ0n) is 13.9. The molecule has 0 spiro atoms. The Morgan fingerprint density at radius 2 is 1.95 bits per heavy atom. The van der Waals surface area contributed by atoms with Crippen LogP contribution >= 0.6 is 11.3 Å². The summed E-state index contributed by atoms with van der Waals surface area (Å²) in [6.07, 6.45) is 1.24. The molecular weight excluding hydrogens is 280 g/mol. The molecule has 120 valence electrons. The van der Waals surface area contributed by atoms with Crippen molar-refractivity contribution in [1.29, 1.82) is 0 Å². The second-order valence-corrected chi connectivity index (χ2v) is 7.26. The van der Waals surface area contributed by atoms with Crippen molar-refractivity contribution < 1.29 is 0 Å². The predicted molar refractivity (Wildman–Crippen MR) is 92.2 cm³/mol. The first-order chi connectivity index (χ1) is 10.1. The van der Waals surface area contributed by atoms with Gasteiger partial charge in [0.25, 0.3) is 0 Å². The fourth-order valence-corrected chi connectivity index (χ4v) is 3.50. The van der Waals surface area contributed by atoms with Crippen LogP contribution in [0.25, 0.3) is 0 Å². The first-order valence-corrected chi connectivity index (χ1v) is 9.12. The molecular formula is C16H30N4S. The monoisotopic (exact) mass is 310 g/mol. The Kier molecular flexibility index (Phi) is 6.45. The summed E-state index contributed by atoms with van der Waals surface area (Å²) < 4.78 is 0. The molecule has 0 aromatic carbocycles. The maximum Gasteiger partial charge on any atom is 0.185 e. The van der Waals surface area contributed by atoms with Gasteiger partial charge in [-0.1, -0.05) is 20.8 Å². The Labute approximate surface area is 133 Å². The van der Waals surface area contributed by atoms with E-state index >= 15 is 0 Å². The molecule has 4 nitrogen and oxygen atoms in total. The Balaban J connectivity index is 1.80. The number of anilines is 1. The van der Waals surface area contributed by atoms with Crippen molar-refractivity contribution in [3.63, 3.8) is 0 Å². The van der Waals surface area contributed by atoms with E-state index in [1.807, 2.05) is 0 Å². The Morgan fingerprint density at radius 3 is 2.57 bits per heavy atom. The molecule has 5 heteroatoms. The minimum atomic E-state index is 0.691. The number of thiazole rings is 1. The van der Waals surface area contributed by atoms with Crippen LogP contribution in [0.15, 0.2) is 5.38 Å². The SMILES string of the molecule is CCC(C)N1CCN(c2nc(CNCC(C)C)cs2)CC1. The lowest BCUT2D eigenvalue weighted by molar-refractivity contribution is 0.193. The Bertz CT molecular complexity index is 410. The van der Waals surface area contributed by atoms with E-state index in [1.54, 1.807) is 11.3 Å². The lowest BCUT2D eigenvalue weighted by Crippen LogP contribution is -2.49. The van der Waals surface area contributed by atoms with E-state index in [2.05, 4.69) is 48.2 Å². The lowest BCUT2D eigenvalue weighted by atomic mass is 10.2. The van der Waals surface area contributed by atoms with Crippen molar-refractivity contribution in [2.75, 3.05) is 37.6 Å². The van der Waals surface area contributed by atoms with Crippen molar-refractivity contribution in [3.8, 4) is 0 Å². The van der Waals surface area contributed by atoms with E-state index in [1.165, 1.54) is 17.2 Å². The standard InChI is InChI=1S/C16H30N4S/c1-5-14(4)19-6-8-20(9-7-19)16-18-15(12-21-16)11-17-10-13(2)3/h12-14,17H,5-11H2,1-4H3. The summed E-state index contributed by atoms with van der Waals surface area (Å²) in [6, 6.07) is 0.708. The van der Waals surface area contributed by atoms with Crippen molar-refractivity contribution in [1.82, 2.24) is 15.2 Å². The van der Waals surface area contributed by atoms with E-state index < -0.39 is 0 Å². The fraction of sp³-hybridized carbons (Fsp3) is 0.812. The number of piperazine rings is 1. The highest BCUT2D eigenvalue weighted by atomic mass is 32.1. The fourth-order valence-electron chi connectivity index (χ4n) is 2.62. The second-order valence-electron chi connectivity index (χ2n) is 6.43. The molecule has 2 heterocycles. The average Bonchev–Trinajstić information content (AvgIpc) is 2.95. The van der Waals surface area contributed by atoms with Crippen LogP contribution in [0.4, 0.5) is 5.13 Å². The zero-order valence-corrected chi connectivity index (χ0v) is 14.7. The van der Waals surface area contributed by atoms with E-state index in [-0.39, 0.29) is 0 Å². The van der Waals surface area contributed by atoms with Gasteiger partial charge in [0.1, 0.15) is 0 Å². The van der Waals surface area contributed by atoms with Crippen LogP contribution in [0.5, 0.6) is 0 Å². The zero-order chi connectivity index (χ0) is 15.2. The van der Waals surface area contributed by atoms with Gasteiger partial charge in [0.15, 0.2) is 5.13 Å². The van der Waals surface area contributed by atoms with Crippen LogP contribution in [0.3, 0.4) is 0 Å². The molecule has 0 amide bonds. The van der Waals surface area contributed by atoms with E-state index in [9.17, 15) is 0 Å². The molecule has 1 aliphatic heterocycles. The highest BCUT2D eigenvalue weighted by Crippen LogP contribution is 2.22. The molecule has 0 radical (unpaired) electrons. The molecule has 2 rings (SSSR count). The summed E-state index contributed by atoms with van der Waals surface area (Å²) in [5.41, 5.74) is 1.18. The lowest BCUT2D eigenvalue weighted by Gasteiger charge is -2.37. The summed E-state index contributed by atoms with van der Waals surface area (Å²) in [7, 11) is 0. The molecule has 1 fully saturated rings. The quantitative estimate of drug-likeness (QED) is 0.839. The van der Waals surface area contributed by atoms with Crippen molar-refractivity contribution in [3.05, 3.63) is 11.1 Å². The van der Waals surface area contributed by atoms with E-state index in [4.69, 9.17) is 4.98 Å². The van der Waals surface area contributed by atoms with Crippen LogP contribution < -0.4 is 10.2 Å². The van der Waals surface area contributed by atoms with Crippen molar-refractivity contribution in [2.24, 2.45) is 5.92 Å². The maximum absolute atomic E-state index is 4.78. The highest BCUT2D eigenvalue weighted by molar-refractivity contribution is 7.13. The third kappa shape index (κ3) is 4.94. The molecule has 0 saturated carbocycles. The van der Waals surface area contributed by atoms with Gasteiger partial charge in [-0.25, -0.2) is 4.98 Å². The Morgan fingerprint density at radius 1 is 1.24 bits per heavy atom. The van der Waals surface area contributed by atoms with Crippen LogP contribution in [-0.2, 0) is 6.54 Å². The molecule has 1 aromatic heterocycles. The number of nitrogens with zero attached hydrogens (tertiary/aromatic N) is 3. The number of hydrogen-bond donors (Lipinski definition) is 1. The van der Waals surface area contributed by atoms with Gasteiger partial charge in [0, 0.05) is 44.1 Å². The molecule has 1 aromatic rings. The predicted octanol–water partition coefficient (Wildman–Crippen LogP) is 2.81. The maximum atomic E-state index is 4.78. The van der Waals surface area contributed by atoms with Gasteiger partial charge in [0.05, 0.1) is 5.69 Å². The smallest absolute Gasteiger partial charge is 0.185 e. The third-order valence-electron chi connectivity index (χ3n) is 4.20. The van der Waals surface area contributed by atoms with Gasteiger partial charge >= 0.3 is 0 Å². The van der Waals surface area contributed by atoms with Gasteiger partial charge in [-0.05, 0) is 25.8 Å². The van der Waals surface area contributed by atoms with Gasteiger partial charge in [-0.15, -0.1) is 11.3 Å².